The molecule has 0 saturated heterocycles. The maximum Gasteiger partial charge on any atom is 0.261 e. The highest BCUT2D eigenvalue weighted by Crippen LogP contribution is 2.37. The van der Waals surface area contributed by atoms with Gasteiger partial charge in [-0.2, -0.15) is 0 Å². The summed E-state index contributed by atoms with van der Waals surface area (Å²) in [5.74, 6) is 0.543. The van der Waals surface area contributed by atoms with E-state index in [-0.39, 0.29) is 4.90 Å². The van der Waals surface area contributed by atoms with Gasteiger partial charge in [-0.1, -0.05) is 0 Å². The van der Waals surface area contributed by atoms with E-state index in [1.165, 1.54) is 17.0 Å². The van der Waals surface area contributed by atoms with Crippen molar-refractivity contribution in [3.8, 4) is 5.75 Å². The average Bonchev–Trinajstić information content (AvgIpc) is 2.77. The van der Waals surface area contributed by atoms with Crippen molar-refractivity contribution in [3.05, 3.63) is 37.2 Å². The van der Waals surface area contributed by atoms with Gasteiger partial charge >= 0.3 is 0 Å². The molecule has 1 aromatic heterocycles. The van der Waals surface area contributed by atoms with Crippen LogP contribution in [0, 0.1) is 6.92 Å². The molecule has 0 unspecified atom stereocenters. The summed E-state index contributed by atoms with van der Waals surface area (Å²) in [6.07, 6.45) is 0.741. The molecule has 4 nitrogen and oxygen atoms in total. The lowest BCUT2D eigenvalue weighted by atomic mass is 10.3. The highest BCUT2D eigenvalue weighted by atomic mass is 79.9. The smallest absolute Gasteiger partial charge is 0.261 e. The minimum Gasteiger partial charge on any atom is -0.491 e. The molecule has 0 fully saturated rings. The number of nitrogens with zero attached hydrogens (tertiary/aromatic N) is 1. The van der Waals surface area contributed by atoms with Crippen LogP contribution < -0.4 is 4.74 Å². The molecule has 1 aromatic carbocycles. The monoisotopic (exact) mass is 473 g/mol. The van der Waals surface area contributed by atoms with Crippen molar-refractivity contribution in [3.63, 3.8) is 0 Å². The second-order valence-corrected chi connectivity index (χ2v) is 9.33. The minimum absolute atomic E-state index is 0.00793. The van der Waals surface area contributed by atoms with Crippen molar-refractivity contribution in [1.29, 1.82) is 0 Å². The van der Waals surface area contributed by atoms with Crippen molar-refractivity contribution >= 4 is 62.9 Å². The van der Waals surface area contributed by atoms with Gasteiger partial charge in [-0.05, 0) is 50.9 Å². The molecule has 0 aliphatic carbocycles. The predicted octanol–water partition coefficient (Wildman–Crippen LogP) is 4.53. The molecule has 0 atom stereocenters. The molecule has 114 valence electrons. The number of thiazole rings is 1. The number of aryl methyl sites for hydroxylation is 1. The molecule has 0 bridgehead atoms. The van der Waals surface area contributed by atoms with Gasteiger partial charge in [0.15, 0.2) is 0 Å². The SMILES string of the molecule is Cc1ncsc1CCOc1c(Br)cc(S(=O)(=O)Cl)cc1Br. The zero-order valence-electron chi connectivity index (χ0n) is 10.8. The number of benzene rings is 1. The van der Waals surface area contributed by atoms with Crippen LogP contribution in [0.1, 0.15) is 10.6 Å². The number of ether oxygens (including phenoxy) is 1. The lowest BCUT2D eigenvalue weighted by Crippen LogP contribution is -2.03. The maximum atomic E-state index is 11.3. The third-order valence-electron chi connectivity index (χ3n) is 2.67. The lowest BCUT2D eigenvalue weighted by molar-refractivity contribution is 0.318. The van der Waals surface area contributed by atoms with Crippen LogP contribution in [0.5, 0.6) is 5.75 Å². The first-order valence-corrected chi connectivity index (χ1v) is 10.5. The van der Waals surface area contributed by atoms with Crippen LogP contribution in [0.25, 0.3) is 0 Å². The Balaban J connectivity index is 2.12. The van der Waals surface area contributed by atoms with E-state index in [1.807, 2.05) is 6.92 Å². The van der Waals surface area contributed by atoms with Gasteiger partial charge in [0, 0.05) is 22.0 Å². The van der Waals surface area contributed by atoms with Crippen LogP contribution >= 0.6 is 53.9 Å². The van der Waals surface area contributed by atoms with Crippen LogP contribution in [0.3, 0.4) is 0 Å². The number of halogens is 3. The first kappa shape index (κ1) is 17.2. The van der Waals surface area contributed by atoms with Crippen LogP contribution in [-0.4, -0.2) is 20.0 Å². The summed E-state index contributed by atoms with van der Waals surface area (Å²) in [7, 11) is 1.55. The fourth-order valence-electron chi connectivity index (χ4n) is 1.63. The van der Waals surface area contributed by atoms with Crippen molar-refractivity contribution in [1.82, 2.24) is 4.98 Å². The van der Waals surface area contributed by atoms with Crippen molar-refractivity contribution in [2.45, 2.75) is 18.2 Å². The zero-order valence-corrected chi connectivity index (χ0v) is 16.3. The third-order valence-corrected chi connectivity index (χ3v) is 6.18. The van der Waals surface area contributed by atoms with E-state index < -0.39 is 9.05 Å². The van der Waals surface area contributed by atoms with E-state index in [9.17, 15) is 8.42 Å². The standard InChI is InChI=1S/C12H10Br2ClNO3S2/c1-7-11(20-6-16-7)2-3-19-12-9(13)4-8(5-10(12)14)21(15,17)18/h4-6H,2-3H2,1H3. The first-order chi connectivity index (χ1) is 9.79. The second-order valence-electron chi connectivity index (χ2n) is 4.11. The molecule has 0 radical (unpaired) electrons. The summed E-state index contributed by atoms with van der Waals surface area (Å²) < 4.78 is 29.4. The Bertz CT molecular complexity index is 739. The minimum atomic E-state index is -3.78. The van der Waals surface area contributed by atoms with Crippen LogP contribution in [0.4, 0.5) is 0 Å². The van der Waals surface area contributed by atoms with Gasteiger partial charge in [0.05, 0.1) is 31.7 Å². The molecule has 0 N–H and O–H groups in total. The normalized spacial score (nSPS) is 11.6. The molecule has 2 aromatic rings. The van der Waals surface area contributed by atoms with Gasteiger partial charge in [0.2, 0.25) is 0 Å². The Kier molecular flexibility index (Phi) is 5.70. The van der Waals surface area contributed by atoms with Gasteiger partial charge in [0.25, 0.3) is 9.05 Å². The molecule has 9 heteroatoms. The van der Waals surface area contributed by atoms with Gasteiger partial charge in [0.1, 0.15) is 5.75 Å². The fourth-order valence-corrected chi connectivity index (χ4v) is 4.89. The summed E-state index contributed by atoms with van der Waals surface area (Å²) in [6, 6.07) is 2.83. The van der Waals surface area contributed by atoms with Gasteiger partial charge in [-0.15, -0.1) is 11.3 Å². The largest absolute Gasteiger partial charge is 0.491 e. The van der Waals surface area contributed by atoms with E-state index in [1.54, 1.807) is 16.8 Å². The van der Waals surface area contributed by atoms with Crippen LogP contribution in [0.2, 0.25) is 0 Å². The highest BCUT2D eigenvalue weighted by Gasteiger charge is 2.16. The maximum absolute atomic E-state index is 11.3. The van der Waals surface area contributed by atoms with Crippen molar-refractivity contribution < 1.29 is 13.2 Å². The van der Waals surface area contributed by atoms with E-state index in [2.05, 4.69) is 36.8 Å². The van der Waals surface area contributed by atoms with Gasteiger partial charge < -0.3 is 4.74 Å². The predicted molar refractivity (Wildman–Crippen MR) is 90.9 cm³/mol. The summed E-state index contributed by atoms with van der Waals surface area (Å²) in [5, 5.41) is 0. The molecule has 1 heterocycles. The summed E-state index contributed by atoms with van der Waals surface area (Å²) in [6.45, 7) is 2.42. The van der Waals surface area contributed by atoms with E-state index in [0.29, 0.717) is 21.3 Å². The van der Waals surface area contributed by atoms with Crippen molar-refractivity contribution in [2.24, 2.45) is 0 Å². The zero-order chi connectivity index (χ0) is 15.6. The Morgan fingerprint density at radius 3 is 2.43 bits per heavy atom. The van der Waals surface area contributed by atoms with Gasteiger partial charge in [-0.3, -0.25) is 0 Å². The van der Waals surface area contributed by atoms with Crippen LogP contribution in [-0.2, 0) is 15.5 Å². The molecule has 0 aliphatic rings. The highest BCUT2D eigenvalue weighted by molar-refractivity contribution is 9.11. The number of rotatable bonds is 5. The molecule has 21 heavy (non-hydrogen) atoms. The summed E-state index contributed by atoms with van der Waals surface area (Å²) in [5.41, 5.74) is 2.81. The first-order valence-electron chi connectivity index (χ1n) is 5.74. The topological polar surface area (TPSA) is 56.3 Å². The Hall–Kier alpha value is -0.150. The van der Waals surface area contributed by atoms with E-state index in [4.69, 9.17) is 15.4 Å². The Morgan fingerprint density at radius 1 is 1.33 bits per heavy atom. The van der Waals surface area contributed by atoms with E-state index >= 15 is 0 Å². The Labute approximate surface area is 148 Å². The molecule has 2 rings (SSSR count). The molecule has 0 spiro atoms. The quantitative estimate of drug-likeness (QED) is 0.597. The number of hydrogen-bond acceptors (Lipinski definition) is 5. The number of hydrogen-bond donors (Lipinski definition) is 0. The molecular weight excluding hydrogens is 466 g/mol. The summed E-state index contributed by atoms with van der Waals surface area (Å²) in [4.78, 5) is 5.36. The van der Waals surface area contributed by atoms with E-state index in [0.717, 1.165) is 12.1 Å². The summed E-state index contributed by atoms with van der Waals surface area (Å²) >= 11 is 8.18. The Morgan fingerprint density at radius 2 is 1.95 bits per heavy atom. The fraction of sp³-hybridized carbons (Fsp3) is 0.250. The molecule has 0 aliphatic heterocycles. The molecule has 0 saturated carbocycles. The average molecular weight is 476 g/mol. The van der Waals surface area contributed by atoms with Gasteiger partial charge in [-0.25, -0.2) is 13.4 Å². The molecular formula is C12H10Br2ClNO3S2. The third kappa shape index (κ3) is 4.41. The van der Waals surface area contributed by atoms with Crippen molar-refractivity contribution in [2.75, 3.05) is 6.61 Å². The number of aromatic nitrogens is 1. The van der Waals surface area contributed by atoms with Crippen LogP contribution in [0.15, 0.2) is 31.5 Å². The lowest BCUT2D eigenvalue weighted by Gasteiger charge is -2.11. The molecule has 0 amide bonds. The second kappa shape index (κ2) is 6.95.